The Morgan fingerprint density at radius 3 is 3.00 bits per heavy atom. The average Bonchev–Trinajstić information content (AvgIpc) is 2.32. The number of nitriles is 1. The number of nitrogens with two attached hydrogens (primary N) is 1. The van der Waals surface area contributed by atoms with Gasteiger partial charge in [-0.25, -0.2) is 0 Å². The van der Waals surface area contributed by atoms with Gasteiger partial charge in [0.2, 0.25) is 0 Å². The van der Waals surface area contributed by atoms with Crippen molar-refractivity contribution in [1.82, 2.24) is 0 Å². The van der Waals surface area contributed by atoms with Crippen LogP contribution in [0.15, 0.2) is 6.07 Å². The minimum Gasteiger partial charge on any atom is -0.389 e. The Morgan fingerprint density at radius 2 is 2.55 bits per heavy atom. The highest BCUT2D eigenvalue weighted by Crippen LogP contribution is 2.28. The van der Waals surface area contributed by atoms with Gasteiger partial charge in [-0.3, -0.25) is 0 Å². The summed E-state index contributed by atoms with van der Waals surface area (Å²) in [6.45, 7) is -0.148. The predicted molar refractivity (Wildman–Crippen MR) is 44.2 cm³/mol. The summed E-state index contributed by atoms with van der Waals surface area (Å²) < 4.78 is 0. The molecule has 5 heteroatoms. The molecule has 0 fully saturated rings. The largest absolute Gasteiger partial charge is 0.389 e. The number of nitrogen functional groups attached to an aromatic ring is 1. The zero-order valence-corrected chi connectivity index (χ0v) is 6.48. The highest BCUT2D eigenvalue weighted by Gasteiger charge is 2.03. The number of nitrogens with zero attached hydrogens (tertiary/aromatic N) is 1. The number of nitrogens with one attached hydrogen (secondary N) is 1. The standard InChI is InChI=1S/C6H7N3OS/c7-2-4-1-5(9-3-10)11-6(4)8/h1,9-10H,3,8H2. The van der Waals surface area contributed by atoms with E-state index >= 15 is 0 Å². The van der Waals surface area contributed by atoms with Gasteiger partial charge in [-0.1, -0.05) is 0 Å². The normalized spacial score (nSPS) is 9.09. The van der Waals surface area contributed by atoms with Gasteiger partial charge in [0.25, 0.3) is 0 Å². The van der Waals surface area contributed by atoms with Crippen LogP contribution in [0.3, 0.4) is 0 Å². The third-order valence-electron chi connectivity index (χ3n) is 1.13. The van der Waals surface area contributed by atoms with Crippen LogP contribution in [0.1, 0.15) is 5.56 Å². The molecule has 0 bridgehead atoms. The molecule has 0 atom stereocenters. The fourth-order valence-corrected chi connectivity index (χ4v) is 1.42. The number of anilines is 2. The molecule has 0 saturated carbocycles. The number of aliphatic hydroxyl groups excluding tert-OH is 1. The van der Waals surface area contributed by atoms with Crippen LogP contribution in [0.4, 0.5) is 10.0 Å². The monoisotopic (exact) mass is 169 g/mol. The SMILES string of the molecule is N#Cc1cc(NCO)sc1N. The van der Waals surface area contributed by atoms with Crippen LogP contribution in [0.5, 0.6) is 0 Å². The van der Waals surface area contributed by atoms with Gasteiger partial charge in [0.05, 0.1) is 10.6 Å². The molecule has 1 heterocycles. The Hall–Kier alpha value is -1.25. The van der Waals surface area contributed by atoms with Crippen molar-refractivity contribution in [2.45, 2.75) is 0 Å². The molecule has 1 aromatic heterocycles. The zero-order valence-electron chi connectivity index (χ0n) is 5.66. The summed E-state index contributed by atoms with van der Waals surface area (Å²) in [6, 6.07) is 3.55. The van der Waals surface area contributed by atoms with Crippen LogP contribution in [0, 0.1) is 11.3 Å². The fourth-order valence-electron chi connectivity index (χ4n) is 0.658. The van der Waals surface area contributed by atoms with E-state index in [-0.39, 0.29) is 6.73 Å². The second kappa shape index (κ2) is 3.23. The molecule has 4 N–H and O–H groups in total. The van der Waals surface area contributed by atoms with Gasteiger partial charge in [-0.05, 0) is 6.07 Å². The number of hydrogen-bond donors (Lipinski definition) is 3. The molecule has 4 nitrogen and oxygen atoms in total. The van der Waals surface area contributed by atoms with Crippen LogP contribution < -0.4 is 11.1 Å². The maximum atomic E-state index is 8.49. The molecule has 0 aliphatic carbocycles. The van der Waals surface area contributed by atoms with E-state index < -0.39 is 0 Å². The third-order valence-corrected chi connectivity index (χ3v) is 2.06. The van der Waals surface area contributed by atoms with Crippen LogP contribution in [-0.4, -0.2) is 11.8 Å². The molecule has 11 heavy (non-hydrogen) atoms. The van der Waals surface area contributed by atoms with E-state index in [0.29, 0.717) is 15.6 Å². The predicted octanol–water partition coefficient (Wildman–Crippen LogP) is 0.564. The summed E-state index contributed by atoms with van der Waals surface area (Å²) in [5.74, 6) is 0. The number of aliphatic hydroxyl groups is 1. The lowest BCUT2D eigenvalue weighted by atomic mass is 10.3. The first-order chi connectivity index (χ1) is 5.27. The van der Waals surface area contributed by atoms with Gasteiger partial charge in [0, 0.05) is 0 Å². The molecule has 0 spiro atoms. The van der Waals surface area contributed by atoms with E-state index in [2.05, 4.69) is 5.32 Å². The second-order valence-corrected chi connectivity index (χ2v) is 2.92. The highest BCUT2D eigenvalue weighted by molar-refractivity contribution is 7.20. The van der Waals surface area contributed by atoms with E-state index in [1.165, 1.54) is 11.3 Å². The van der Waals surface area contributed by atoms with Crippen molar-refractivity contribution in [3.63, 3.8) is 0 Å². The maximum Gasteiger partial charge on any atom is 0.113 e. The van der Waals surface area contributed by atoms with Crippen molar-refractivity contribution < 1.29 is 5.11 Å². The summed E-state index contributed by atoms with van der Waals surface area (Å²) in [5.41, 5.74) is 5.91. The summed E-state index contributed by atoms with van der Waals surface area (Å²) in [5, 5.41) is 20.8. The lowest BCUT2D eigenvalue weighted by Gasteiger charge is -1.93. The molecule has 1 aromatic rings. The molecule has 1 rings (SSSR count). The van der Waals surface area contributed by atoms with Crippen molar-refractivity contribution in [2.24, 2.45) is 0 Å². The molecular formula is C6H7N3OS. The minimum absolute atomic E-state index is 0.148. The van der Waals surface area contributed by atoms with Gasteiger partial charge < -0.3 is 16.2 Å². The molecule has 0 aliphatic rings. The van der Waals surface area contributed by atoms with Crippen LogP contribution in [0.2, 0.25) is 0 Å². The van der Waals surface area contributed by atoms with Crippen LogP contribution >= 0.6 is 11.3 Å². The van der Waals surface area contributed by atoms with E-state index in [1.54, 1.807) is 6.07 Å². The van der Waals surface area contributed by atoms with Gasteiger partial charge in [-0.2, -0.15) is 5.26 Å². The highest BCUT2D eigenvalue weighted by atomic mass is 32.1. The topological polar surface area (TPSA) is 82.1 Å². The minimum atomic E-state index is -0.148. The molecule has 0 aliphatic heterocycles. The van der Waals surface area contributed by atoms with Crippen molar-refractivity contribution in [1.29, 1.82) is 5.26 Å². The van der Waals surface area contributed by atoms with Crippen molar-refractivity contribution in [2.75, 3.05) is 17.8 Å². The molecular weight excluding hydrogens is 162 g/mol. The van der Waals surface area contributed by atoms with Gasteiger partial charge in [0.15, 0.2) is 0 Å². The van der Waals surface area contributed by atoms with Crippen molar-refractivity contribution in [3.8, 4) is 6.07 Å². The number of rotatable bonds is 2. The summed E-state index contributed by atoms with van der Waals surface area (Å²) >= 11 is 1.25. The first-order valence-corrected chi connectivity index (χ1v) is 3.73. The van der Waals surface area contributed by atoms with Crippen molar-refractivity contribution >= 4 is 21.3 Å². The van der Waals surface area contributed by atoms with Gasteiger partial charge >= 0.3 is 0 Å². The lowest BCUT2D eigenvalue weighted by molar-refractivity contribution is 0.326. The molecule has 0 unspecified atom stereocenters. The first-order valence-electron chi connectivity index (χ1n) is 2.92. The van der Waals surface area contributed by atoms with Crippen molar-refractivity contribution in [3.05, 3.63) is 11.6 Å². The van der Waals surface area contributed by atoms with Gasteiger partial charge in [0.1, 0.15) is 17.8 Å². The molecule has 0 saturated heterocycles. The van der Waals surface area contributed by atoms with E-state index in [1.807, 2.05) is 6.07 Å². The smallest absolute Gasteiger partial charge is 0.113 e. The Kier molecular flexibility index (Phi) is 2.31. The van der Waals surface area contributed by atoms with Gasteiger partial charge in [-0.15, -0.1) is 11.3 Å². The molecule has 0 radical (unpaired) electrons. The second-order valence-electron chi connectivity index (χ2n) is 1.84. The Morgan fingerprint density at radius 1 is 1.82 bits per heavy atom. The third kappa shape index (κ3) is 1.61. The first kappa shape index (κ1) is 7.85. The summed E-state index contributed by atoms with van der Waals surface area (Å²) in [4.78, 5) is 0. The summed E-state index contributed by atoms with van der Waals surface area (Å²) in [7, 11) is 0. The van der Waals surface area contributed by atoms with Crippen LogP contribution in [0.25, 0.3) is 0 Å². The Balaban J connectivity index is 2.89. The fraction of sp³-hybridized carbons (Fsp3) is 0.167. The average molecular weight is 169 g/mol. The summed E-state index contributed by atoms with van der Waals surface area (Å²) in [6.07, 6.45) is 0. The zero-order chi connectivity index (χ0) is 8.27. The Bertz CT molecular complexity index is 289. The van der Waals surface area contributed by atoms with Crippen LogP contribution in [-0.2, 0) is 0 Å². The Labute approximate surface area is 67.9 Å². The molecule has 0 amide bonds. The number of hydrogen-bond acceptors (Lipinski definition) is 5. The van der Waals surface area contributed by atoms with E-state index in [9.17, 15) is 0 Å². The van der Waals surface area contributed by atoms with E-state index in [0.717, 1.165) is 0 Å². The maximum absolute atomic E-state index is 8.49. The molecule has 58 valence electrons. The number of thiophene rings is 1. The quantitative estimate of drug-likeness (QED) is 0.565. The molecule has 0 aromatic carbocycles. The van der Waals surface area contributed by atoms with E-state index in [4.69, 9.17) is 16.1 Å². The lowest BCUT2D eigenvalue weighted by Crippen LogP contribution is -1.95.